The molecule has 0 aromatic heterocycles. The number of benzene rings is 1. The van der Waals surface area contributed by atoms with Crippen LogP contribution in [0.2, 0.25) is 0 Å². The highest BCUT2D eigenvalue weighted by molar-refractivity contribution is 5.52. The van der Waals surface area contributed by atoms with E-state index in [2.05, 4.69) is 56.1 Å². The Morgan fingerprint density at radius 3 is 2.58 bits per heavy atom. The zero-order valence-electron chi connectivity index (χ0n) is 12.9. The molecule has 0 atom stereocenters. The van der Waals surface area contributed by atoms with Gasteiger partial charge in [0.1, 0.15) is 0 Å². The number of hydrogen-bond donors (Lipinski definition) is 1. The fourth-order valence-corrected chi connectivity index (χ4v) is 2.52. The summed E-state index contributed by atoms with van der Waals surface area (Å²) in [5.41, 5.74) is 4.24. The van der Waals surface area contributed by atoms with Crippen molar-refractivity contribution < 1.29 is 0 Å². The highest BCUT2D eigenvalue weighted by Crippen LogP contribution is 2.32. The molecule has 1 saturated carbocycles. The van der Waals surface area contributed by atoms with Crippen LogP contribution in [0.1, 0.15) is 51.2 Å². The monoisotopic (exact) mass is 260 g/mol. The second-order valence-electron chi connectivity index (χ2n) is 6.07. The molecule has 19 heavy (non-hydrogen) atoms. The van der Waals surface area contributed by atoms with Gasteiger partial charge in [0.05, 0.1) is 0 Å². The van der Waals surface area contributed by atoms with Crippen LogP contribution in [0.5, 0.6) is 0 Å². The van der Waals surface area contributed by atoms with Crippen molar-refractivity contribution in [3.05, 3.63) is 29.3 Å². The van der Waals surface area contributed by atoms with Crippen molar-refractivity contribution in [2.75, 3.05) is 11.4 Å². The van der Waals surface area contributed by atoms with Crippen molar-refractivity contribution in [2.24, 2.45) is 0 Å². The normalized spacial score (nSPS) is 15.0. The van der Waals surface area contributed by atoms with E-state index in [1.165, 1.54) is 42.6 Å². The Bertz CT molecular complexity index is 408. The molecule has 0 radical (unpaired) electrons. The fraction of sp³-hybridized carbons (Fsp3) is 0.647. The van der Waals surface area contributed by atoms with Crippen molar-refractivity contribution in [2.45, 2.75) is 65.6 Å². The number of hydrogen-bond acceptors (Lipinski definition) is 2. The van der Waals surface area contributed by atoms with Crippen LogP contribution in [0.25, 0.3) is 0 Å². The highest BCUT2D eigenvalue weighted by atomic mass is 15.2. The minimum Gasteiger partial charge on any atom is -0.369 e. The van der Waals surface area contributed by atoms with Gasteiger partial charge in [-0.1, -0.05) is 26.8 Å². The minimum absolute atomic E-state index is 0.544. The number of nitrogens with zero attached hydrogens (tertiary/aromatic N) is 1. The van der Waals surface area contributed by atoms with Crippen molar-refractivity contribution in [1.29, 1.82) is 0 Å². The van der Waals surface area contributed by atoms with Crippen LogP contribution in [0.4, 0.5) is 5.69 Å². The molecule has 2 nitrogen and oxygen atoms in total. The quantitative estimate of drug-likeness (QED) is 0.800. The van der Waals surface area contributed by atoms with E-state index in [-0.39, 0.29) is 0 Å². The molecule has 0 amide bonds. The van der Waals surface area contributed by atoms with Gasteiger partial charge in [-0.15, -0.1) is 0 Å². The molecule has 0 bridgehead atoms. The van der Waals surface area contributed by atoms with Gasteiger partial charge in [0, 0.05) is 30.9 Å². The second-order valence-corrected chi connectivity index (χ2v) is 6.07. The van der Waals surface area contributed by atoms with E-state index in [1.54, 1.807) is 0 Å². The average molecular weight is 260 g/mol. The second kappa shape index (κ2) is 6.42. The molecule has 1 aromatic rings. The van der Waals surface area contributed by atoms with Gasteiger partial charge < -0.3 is 10.2 Å². The smallest absolute Gasteiger partial charge is 0.0371 e. The molecule has 106 valence electrons. The lowest BCUT2D eigenvalue weighted by Crippen LogP contribution is -2.26. The first kappa shape index (κ1) is 14.4. The van der Waals surface area contributed by atoms with Crippen molar-refractivity contribution in [3.8, 4) is 0 Å². The molecule has 2 heteroatoms. The maximum atomic E-state index is 3.50. The van der Waals surface area contributed by atoms with Crippen molar-refractivity contribution >= 4 is 5.69 Å². The molecule has 0 unspecified atom stereocenters. The summed E-state index contributed by atoms with van der Waals surface area (Å²) in [6.45, 7) is 11.1. The van der Waals surface area contributed by atoms with E-state index in [9.17, 15) is 0 Å². The summed E-state index contributed by atoms with van der Waals surface area (Å²) in [6.07, 6.45) is 3.97. The number of rotatable bonds is 7. The van der Waals surface area contributed by atoms with Crippen LogP contribution in [0, 0.1) is 6.92 Å². The van der Waals surface area contributed by atoms with Gasteiger partial charge in [-0.3, -0.25) is 0 Å². The largest absolute Gasteiger partial charge is 0.369 e. The lowest BCUT2D eigenvalue weighted by molar-refractivity contribution is 0.587. The number of anilines is 1. The summed E-state index contributed by atoms with van der Waals surface area (Å²) in [5, 5.41) is 3.50. The third-order valence-electron chi connectivity index (χ3n) is 3.81. The predicted octanol–water partition coefficient (Wildman–Crippen LogP) is 3.87. The van der Waals surface area contributed by atoms with Crippen LogP contribution < -0.4 is 10.2 Å². The molecule has 1 aromatic carbocycles. The maximum Gasteiger partial charge on any atom is 0.0371 e. The zero-order chi connectivity index (χ0) is 13.8. The van der Waals surface area contributed by atoms with Gasteiger partial charge in [0.2, 0.25) is 0 Å². The van der Waals surface area contributed by atoms with Crippen molar-refractivity contribution in [1.82, 2.24) is 5.32 Å². The van der Waals surface area contributed by atoms with Crippen molar-refractivity contribution in [3.63, 3.8) is 0 Å². The molecule has 1 aliphatic carbocycles. The van der Waals surface area contributed by atoms with Gasteiger partial charge in [-0.05, 0) is 49.4 Å². The van der Waals surface area contributed by atoms with E-state index in [1.807, 2.05) is 0 Å². The van der Waals surface area contributed by atoms with E-state index < -0.39 is 0 Å². The lowest BCUT2D eigenvalue weighted by atomic mass is 10.1. The first-order valence-corrected chi connectivity index (χ1v) is 7.71. The lowest BCUT2D eigenvalue weighted by Gasteiger charge is -2.25. The maximum absolute atomic E-state index is 3.50. The van der Waals surface area contributed by atoms with E-state index in [0.29, 0.717) is 6.04 Å². The van der Waals surface area contributed by atoms with Gasteiger partial charge in [0.25, 0.3) is 0 Å². The van der Waals surface area contributed by atoms with E-state index in [4.69, 9.17) is 0 Å². The summed E-state index contributed by atoms with van der Waals surface area (Å²) in [4.78, 5) is 2.59. The fourth-order valence-electron chi connectivity index (χ4n) is 2.52. The topological polar surface area (TPSA) is 15.3 Å². The molecule has 0 aliphatic heterocycles. The minimum atomic E-state index is 0.544. The molecule has 1 N–H and O–H groups in total. The van der Waals surface area contributed by atoms with Crippen LogP contribution in [-0.4, -0.2) is 18.6 Å². The molecule has 0 heterocycles. The van der Waals surface area contributed by atoms with Gasteiger partial charge in [-0.2, -0.15) is 0 Å². The van der Waals surface area contributed by atoms with Crippen LogP contribution in [0.15, 0.2) is 18.2 Å². The molecule has 0 spiro atoms. The molecular weight excluding hydrogens is 232 g/mol. The Morgan fingerprint density at radius 2 is 2.05 bits per heavy atom. The number of nitrogens with one attached hydrogen (secondary N) is 1. The summed E-state index contributed by atoms with van der Waals surface area (Å²) >= 11 is 0. The van der Waals surface area contributed by atoms with Crippen LogP contribution >= 0.6 is 0 Å². The standard InChI is InChI=1S/C17H28N2/c1-5-10-19(16-8-9-16)17-7-6-15(14(4)11-17)12-18-13(2)3/h6-7,11,13,16,18H,5,8-10,12H2,1-4H3. The molecule has 1 fully saturated rings. The third kappa shape index (κ3) is 3.97. The highest BCUT2D eigenvalue weighted by Gasteiger charge is 2.28. The molecule has 2 rings (SSSR count). The molecule has 0 saturated heterocycles. The predicted molar refractivity (Wildman–Crippen MR) is 83.8 cm³/mol. The van der Waals surface area contributed by atoms with Gasteiger partial charge in [0.15, 0.2) is 0 Å². The average Bonchev–Trinajstić information content (AvgIpc) is 3.18. The first-order chi connectivity index (χ1) is 9.11. The summed E-state index contributed by atoms with van der Waals surface area (Å²) in [5.74, 6) is 0. The Balaban J connectivity index is 2.08. The Hall–Kier alpha value is -1.02. The Kier molecular flexibility index (Phi) is 4.87. The summed E-state index contributed by atoms with van der Waals surface area (Å²) in [6, 6.07) is 8.32. The Labute approximate surface area is 118 Å². The van der Waals surface area contributed by atoms with Gasteiger partial charge in [-0.25, -0.2) is 0 Å². The van der Waals surface area contributed by atoms with Gasteiger partial charge >= 0.3 is 0 Å². The zero-order valence-corrected chi connectivity index (χ0v) is 12.9. The third-order valence-corrected chi connectivity index (χ3v) is 3.81. The summed E-state index contributed by atoms with van der Waals surface area (Å²) < 4.78 is 0. The number of aryl methyl sites for hydroxylation is 1. The van der Waals surface area contributed by atoms with E-state index >= 15 is 0 Å². The van der Waals surface area contributed by atoms with E-state index in [0.717, 1.165) is 12.6 Å². The molecular formula is C17H28N2. The molecule has 1 aliphatic rings. The van der Waals surface area contributed by atoms with Crippen LogP contribution in [0.3, 0.4) is 0 Å². The first-order valence-electron chi connectivity index (χ1n) is 7.71. The summed E-state index contributed by atoms with van der Waals surface area (Å²) in [7, 11) is 0. The Morgan fingerprint density at radius 1 is 1.32 bits per heavy atom. The SMILES string of the molecule is CCCN(c1ccc(CNC(C)C)c(C)c1)C1CC1. The van der Waals surface area contributed by atoms with Crippen LogP contribution in [-0.2, 0) is 6.54 Å².